The lowest BCUT2D eigenvalue weighted by Crippen LogP contribution is -2.42. The van der Waals surface area contributed by atoms with Crippen LogP contribution in [0.1, 0.15) is 16.7 Å². The number of nitrogens with one attached hydrogen (secondary N) is 2. The number of aryl methyl sites for hydroxylation is 3. The summed E-state index contributed by atoms with van der Waals surface area (Å²) in [4.78, 5) is 2.39. The lowest BCUT2D eigenvalue weighted by atomic mass is 10.1. The Balaban J connectivity index is 1.77. The Hall–Kier alpha value is -1.17. The Bertz CT molecular complexity index is 499. The molecule has 0 unspecified atom stereocenters. The molecule has 1 aliphatic heterocycles. The van der Waals surface area contributed by atoms with Gasteiger partial charge in [0.1, 0.15) is 0 Å². The number of rotatable bonds is 4. The second kappa shape index (κ2) is 7.73. The summed E-state index contributed by atoms with van der Waals surface area (Å²) in [6.07, 6.45) is 0. The van der Waals surface area contributed by atoms with E-state index < -0.39 is 0 Å². The van der Waals surface area contributed by atoms with Gasteiger partial charge in [-0.1, -0.05) is 6.07 Å². The van der Waals surface area contributed by atoms with E-state index in [0.29, 0.717) is 5.11 Å². The average molecular weight is 307 g/mol. The van der Waals surface area contributed by atoms with Crippen molar-refractivity contribution in [2.24, 2.45) is 0 Å². The summed E-state index contributed by atoms with van der Waals surface area (Å²) in [7, 11) is 0. The van der Waals surface area contributed by atoms with Gasteiger partial charge in [-0.25, -0.2) is 0 Å². The third-order valence-electron chi connectivity index (χ3n) is 3.91. The summed E-state index contributed by atoms with van der Waals surface area (Å²) >= 11 is 5.37. The first kappa shape index (κ1) is 16.2. The highest BCUT2D eigenvalue weighted by Crippen LogP contribution is 2.19. The van der Waals surface area contributed by atoms with Crippen LogP contribution in [0.15, 0.2) is 12.1 Å². The minimum absolute atomic E-state index is 0.689. The second-order valence-electron chi connectivity index (χ2n) is 5.59. The molecule has 1 fully saturated rings. The van der Waals surface area contributed by atoms with Gasteiger partial charge in [0.25, 0.3) is 0 Å². The molecule has 2 N–H and O–H groups in total. The van der Waals surface area contributed by atoms with E-state index in [1.807, 2.05) is 0 Å². The Morgan fingerprint density at radius 3 is 2.52 bits per heavy atom. The molecule has 4 nitrogen and oxygen atoms in total. The van der Waals surface area contributed by atoms with E-state index in [-0.39, 0.29) is 0 Å². The Morgan fingerprint density at radius 2 is 1.81 bits per heavy atom. The molecule has 0 bridgehead atoms. The molecule has 0 spiro atoms. The van der Waals surface area contributed by atoms with Crippen molar-refractivity contribution >= 4 is 23.0 Å². The van der Waals surface area contributed by atoms with E-state index in [4.69, 9.17) is 17.0 Å². The van der Waals surface area contributed by atoms with E-state index in [1.54, 1.807) is 0 Å². The van der Waals surface area contributed by atoms with Crippen molar-refractivity contribution in [3.63, 3.8) is 0 Å². The number of benzene rings is 1. The summed E-state index contributed by atoms with van der Waals surface area (Å²) in [6, 6.07) is 4.34. The maximum Gasteiger partial charge on any atom is 0.170 e. The zero-order chi connectivity index (χ0) is 15.2. The standard InChI is InChI=1S/C16H25N3OS/c1-12-10-14(3)15(11-13(12)2)18-16(21)17-4-5-19-6-8-20-9-7-19/h10-11H,4-9H2,1-3H3,(H2,17,18,21). The zero-order valence-electron chi connectivity index (χ0n) is 13.2. The maximum absolute atomic E-state index is 5.37. The summed E-state index contributed by atoms with van der Waals surface area (Å²) in [5.41, 5.74) is 4.89. The lowest BCUT2D eigenvalue weighted by molar-refractivity contribution is 0.0389. The predicted molar refractivity (Wildman–Crippen MR) is 92.1 cm³/mol. The molecule has 0 amide bonds. The highest BCUT2D eigenvalue weighted by Gasteiger charge is 2.09. The molecule has 1 saturated heterocycles. The minimum Gasteiger partial charge on any atom is -0.379 e. The van der Waals surface area contributed by atoms with Crippen LogP contribution in [0.3, 0.4) is 0 Å². The molecule has 0 radical (unpaired) electrons. The van der Waals surface area contributed by atoms with E-state index in [9.17, 15) is 0 Å². The fourth-order valence-corrected chi connectivity index (χ4v) is 2.63. The maximum atomic E-state index is 5.37. The van der Waals surface area contributed by atoms with Crippen LogP contribution in [0.25, 0.3) is 0 Å². The monoisotopic (exact) mass is 307 g/mol. The van der Waals surface area contributed by atoms with Gasteiger partial charge in [-0.3, -0.25) is 4.90 Å². The van der Waals surface area contributed by atoms with Gasteiger partial charge in [0, 0.05) is 31.9 Å². The number of ether oxygens (including phenoxy) is 1. The smallest absolute Gasteiger partial charge is 0.170 e. The normalized spacial score (nSPS) is 15.8. The SMILES string of the molecule is Cc1cc(C)c(NC(=S)NCCN2CCOCC2)cc1C. The quantitative estimate of drug-likeness (QED) is 0.834. The van der Waals surface area contributed by atoms with Crippen LogP contribution in [0.4, 0.5) is 5.69 Å². The number of hydrogen-bond acceptors (Lipinski definition) is 3. The highest BCUT2D eigenvalue weighted by molar-refractivity contribution is 7.80. The average Bonchev–Trinajstić information content (AvgIpc) is 2.46. The molecule has 116 valence electrons. The van der Waals surface area contributed by atoms with Gasteiger partial charge in [0.15, 0.2) is 5.11 Å². The van der Waals surface area contributed by atoms with Crippen molar-refractivity contribution in [3.05, 3.63) is 28.8 Å². The summed E-state index contributed by atoms with van der Waals surface area (Å²) in [5, 5.41) is 7.26. The number of thiocarbonyl (C=S) groups is 1. The van der Waals surface area contributed by atoms with E-state index in [1.165, 1.54) is 16.7 Å². The van der Waals surface area contributed by atoms with Crippen molar-refractivity contribution < 1.29 is 4.74 Å². The van der Waals surface area contributed by atoms with E-state index in [2.05, 4.69) is 48.4 Å². The number of anilines is 1. The van der Waals surface area contributed by atoms with Crippen molar-refractivity contribution in [2.45, 2.75) is 20.8 Å². The fraction of sp³-hybridized carbons (Fsp3) is 0.562. The number of nitrogens with zero attached hydrogens (tertiary/aromatic N) is 1. The fourth-order valence-electron chi connectivity index (χ4n) is 2.41. The van der Waals surface area contributed by atoms with Crippen LogP contribution in [0, 0.1) is 20.8 Å². The summed E-state index contributed by atoms with van der Waals surface area (Å²) in [6.45, 7) is 11.9. The Kier molecular flexibility index (Phi) is 5.96. The van der Waals surface area contributed by atoms with Gasteiger partial charge in [-0.2, -0.15) is 0 Å². The molecule has 1 aliphatic rings. The molecule has 0 aromatic heterocycles. The molecule has 21 heavy (non-hydrogen) atoms. The summed E-state index contributed by atoms with van der Waals surface area (Å²) < 4.78 is 5.34. The largest absolute Gasteiger partial charge is 0.379 e. The van der Waals surface area contributed by atoms with Crippen LogP contribution < -0.4 is 10.6 Å². The molecular weight excluding hydrogens is 282 g/mol. The molecule has 1 aromatic rings. The van der Waals surface area contributed by atoms with Crippen LogP contribution in [0.2, 0.25) is 0 Å². The molecule has 1 aromatic carbocycles. The van der Waals surface area contributed by atoms with E-state index in [0.717, 1.165) is 45.1 Å². The van der Waals surface area contributed by atoms with Crippen molar-refractivity contribution in [1.82, 2.24) is 10.2 Å². The second-order valence-corrected chi connectivity index (χ2v) is 5.99. The topological polar surface area (TPSA) is 36.5 Å². The third kappa shape index (κ3) is 4.95. The zero-order valence-corrected chi connectivity index (χ0v) is 14.0. The van der Waals surface area contributed by atoms with Crippen LogP contribution in [0.5, 0.6) is 0 Å². The Labute approximate surface area is 132 Å². The molecule has 2 rings (SSSR count). The van der Waals surface area contributed by atoms with Crippen molar-refractivity contribution in [1.29, 1.82) is 0 Å². The first-order chi connectivity index (χ1) is 10.1. The predicted octanol–water partition coefficient (Wildman–Crippen LogP) is 2.23. The number of morpholine rings is 1. The van der Waals surface area contributed by atoms with Crippen molar-refractivity contribution in [3.8, 4) is 0 Å². The molecule has 5 heteroatoms. The van der Waals surface area contributed by atoms with Crippen LogP contribution in [-0.4, -0.2) is 49.4 Å². The van der Waals surface area contributed by atoms with E-state index >= 15 is 0 Å². The first-order valence-corrected chi connectivity index (χ1v) is 7.90. The molecule has 0 saturated carbocycles. The third-order valence-corrected chi connectivity index (χ3v) is 4.15. The van der Waals surface area contributed by atoms with Gasteiger partial charge in [0.2, 0.25) is 0 Å². The molecular formula is C16H25N3OS. The van der Waals surface area contributed by atoms with Crippen LogP contribution in [-0.2, 0) is 4.74 Å². The van der Waals surface area contributed by atoms with Gasteiger partial charge in [-0.05, 0) is 55.7 Å². The first-order valence-electron chi connectivity index (χ1n) is 7.49. The molecule has 0 aliphatic carbocycles. The van der Waals surface area contributed by atoms with Gasteiger partial charge in [-0.15, -0.1) is 0 Å². The highest BCUT2D eigenvalue weighted by atomic mass is 32.1. The van der Waals surface area contributed by atoms with Gasteiger partial charge >= 0.3 is 0 Å². The Morgan fingerprint density at radius 1 is 1.14 bits per heavy atom. The number of hydrogen-bond donors (Lipinski definition) is 2. The van der Waals surface area contributed by atoms with Crippen LogP contribution >= 0.6 is 12.2 Å². The lowest BCUT2D eigenvalue weighted by Gasteiger charge is -2.26. The van der Waals surface area contributed by atoms with Gasteiger partial charge in [0.05, 0.1) is 13.2 Å². The minimum atomic E-state index is 0.689. The molecule has 1 heterocycles. The van der Waals surface area contributed by atoms with Gasteiger partial charge < -0.3 is 15.4 Å². The van der Waals surface area contributed by atoms with Crippen molar-refractivity contribution in [2.75, 3.05) is 44.7 Å². The summed E-state index contributed by atoms with van der Waals surface area (Å²) in [5.74, 6) is 0. The molecule has 0 atom stereocenters.